The van der Waals surface area contributed by atoms with Gasteiger partial charge in [-0.25, -0.2) is 9.36 Å². The van der Waals surface area contributed by atoms with Gasteiger partial charge in [0.1, 0.15) is 12.4 Å². The Morgan fingerprint density at radius 2 is 1.67 bits per heavy atom. The number of hydrogen-bond donors (Lipinski definition) is 1. The van der Waals surface area contributed by atoms with Crippen LogP contribution in [0.2, 0.25) is 0 Å². The summed E-state index contributed by atoms with van der Waals surface area (Å²) < 4.78 is 13.1. The van der Waals surface area contributed by atoms with Crippen LogP contribution in [-0.4, -0.2) is 28.7 Å². The van der Waals surface area contributed by atoms with Gasteiger partial charge in [0.15, 0.2) is 12.4 Å². The van der Waals surface area contributed by atoms with Gasteiger partial charge in [-0.2, -0.15) is 0 Å². The van der Waals surface area contributed by atoms with Crippen molar-refractivity contribution in [2.75, 3.05) is 6.61 Å². The van der Waals surface area contributed by atoms with E-state index in [1.807, 2.05) is 42.5 Å². The standard InChI is InChI=1S/C24H19NO5/c26-15-19-11-5-7-13-21(19)29-16-22(17-8-2-1-3-9-17)30-23-14-18-10-4-6-12-20(18)25(23)24(27)28/h1-15,22H,16H2,(H,27,28). The van der Waals surface area contributed by atoms with E-state index in [9.17, 15) is 14.7 Å². The van der Waals surface area contributed by atoms with Crippen molar-refractivity contribution >= 4 is 23.3 Å². The van der Waals surface area contributed by atoms with Crippen LogP contribution >= 0.6 is 0 Å². The highest BCUT2D eigenvalue weighted by Gasteiger charge is 2.21. The summed E-state index contributed by atoms with van der Waals surface area (Å²) in [6.07, 6.45) is -0.991. The lowest BCUT2D eigenvalue weighted by molar-refractivity contribution is 0.109. The number of fused-ring (bicyclic) bond motifs is 1. The second-order valence-corrected chi connectivity index (χ2v) is 6.64. The summed E-state index contributed by atoms with van der Waals surface area (Å²) in [6.45, 7) is 0.0933. The number of aldehydes is 1. The van der Waals surface area contributed by atoms with E-state index < -0.39 is 12.2 Å². The number of carbonyl (C=O) groups excluding carboxylic acids is 1. The fourth-order valence-corrected chi connectivity index (χ4v) is 3.30. The predicted molar refractivity (Wildman–Crippen MR) is 112 cm³/mol. The van der Waals surface area contributed by atoms with Gasteiger partial charge in [-0.1, -0.05) is 60.7 Å². The van der Waals surface area contributed by atoms with Crippen LogP contribution in [0.25, 0.3) is 10.9 Å². The molecule has 0 aliphatic rings. The highest BCUT2D eigenvalue weighted by atomic mass is 16.5. The lowest BCUT2D eigenvalue weighted by Gasteiger charge is -2.21. The van der Waals surface area contributed by atoms with Crippen molar-refractivity contribution in [2.45, 2.75) is 6.10 Å². The summed E-state index contributed by atoms with van der Waals surface area (Å²) in [5.41, 5.74) is 1.80. The van der Waals surface area contributed by atoms with Gasteiger partial charge >= 0.3 is 6.09 Å². The second-order valence-electron chi connectivity index (χ2n) is 6.64. The van der Waals surface area contributed by atoms with E-state index >= 15 is 0 Å². The van der Waals surface area contributed by atoms with Crippen LogP contribution in [0.3, 0.4) is 0 Å². The Morgan fingerprint density at radius 3 is 2.43 bits per heavy atom. The first kappa shape index (κ1) is 19.3. The van der Waals surface area contributed by atoms with Gasteiger partial charge in [-0.05, 0) is 23.8 Å². The Kier molecular flexibility index (Phi) is 5.48. The Bertz CT molecular complexity index is 1180. The maximum Gasteiger partial charge on any atom is 0.418 e. The fraction of sp³-hybridized carbons (Fsp3) is 0.0833. The first-order valence-electron chi connectivity index (χ1n) is 9.40. The maximum absolute atomic E-state index is 11.9. The number of carboxylic acid groups (broad SMARTS) is 1. The third-order valence-corrected chi connectivity index (χ3v) is 4.74. The van der Waals surface area contributed by atoms with Crippen LogP contribution in [0, 0.1) is 0 Å². The van der Waals surface area contributed by atoms with Gasteiger partial charge in [0.2, 0.25) is 5.88 Å². The summed E-state index contributed by atoms with van der Waals surface area (Å²) in [5.74, 6) is 0.639. The zero-order valence-electron chi connectivity index (χ0n) is 16.0. The molecule has 1 atom stereocenters. The third kappa shape index (κ3) is 3.89. The molecule has 0 amide bonds. The number of carbonyl (C=O) groups is 2. The largest absolute Gasteiger partial charge is 0.489 e. The van der Waals surface area contributed by atoms with Crippen LogP contribution in [0.5, 0.6) is 11.6 Å². The Labute approximate surface area is 172 Å². The minimum atomic E-state index is -1.13. The average Bonchev–Trinajstić information content (AvgIpc) is 3.15. The smallest absolute Gasteiger partial charge is 0.418 e. The van der Waals surface area contributed by atoms with E-state index in [2.05, 4.69) is 0 Å². The van der Waals surface area contributed by atoms with Crippen LogP contribution in [-0.2, 0) is 0 Å². The topological polar surface area (TPSA) is 77.8 Å². The Balaban J connectivity index is 1.68. The Hall–Kier alpha value is -4.06. The Morgan fingerprint density at radius 1 is 0.967 bits per heavy atom. The van der Waals surface area contributed by atoms with Gasteiger partial charge in [0, 0.05) is 11.5 Å². The molecule has 4 aromatic rings. The minimum Gasteiger partial charge on any atom is -0.489 e. The fourth-order valence-electron chi connectivity index (χ4n) is 3.30. The van der Waals surface area contributed by atoms with Crippen LogP contribution in [0.15, 0.2) is 84.9 Å². The summed E-state index contributed by atoms with van der Waals surface area (Å²) in [5, 5.41) is 10.5. The first-order valence-corrected chi connectivity index (χ1v) is 9.40. The summed E-state index contributed by atoms with van der Waals surface area (Å²) in [7, 11) is 0. The molecule has 30 heavy (non-hydrogen) atoms. The molecule has 0 bridgehead atoms. The van der Waals surface area contributed by atoms with Gasteiger partial charge < -0.3 is 14.6 Å². The van der Waals surface area contributed by atoms with E-state index in [0.29, 0.717) is 16.8 Å². The number of rotatable bonds is 7. The first-order chi connectivity index (χ1) is 14.7. The number of aromatic nitrogens is 1. The molecule has 0 aliphatic heterocycles. The second kappa shape index (κ2) is 8.53. The number of benzene rings is 3. The van der Waals surface area contributed by atoms with Crippen molar-refractivity contribution in [3.8, 4) is 11.6 Å². The molecule has 0 saturated carbocycles. The van der Waals surface area contributed by atoms with Gasteiger partial charge in [-0.15, -0.1) is 0 Å². The highest BCUT2D eigenvalue weighted by Crippen LogP contribution is 2.30. The molecular formula is C24H19NO5. The number of hydrogen-bond acceptors (Lipinski definition) is 4. The number of ether oxygens (including phenoxy) is 2. The van der Waals surface area contributed by atoms with E-state index in [1.54, 1.807) is 42.5 Å². The van der Waals surface area contributed by atoms with Crippen molar-refractivity contribution in [1.82, 2.24) is 4.57 Å². The van der Waals surface area contributed by atoms with Crippen molar-refractivity contribution in [1.29, 1.82) is 0 Å². The van der Waals surface area contributed by atoms with Gasteiger partial charge in [0.25, 0.3) is 0 Å². The molecule has 3 aromatic carbocycles. The van der Waals surface area contributed by atoms with Gasteiger partial charge in [0.05, 0.1) is 11.1 Å². The van der Waals surface area contributed by atoms with Crippen molar-refractivity contribution in [3.05, 3.63) is 96.1 Å². The molecule has 0 spiro atoms. The lowest BCUT2D eigenvalue weighted by Crippen LogP contribution is -2.20. The number of para-hydroxylation sites is 2. The summed E-state index contributed by atoms with van der Waals surface area (Å²) in [4.78, 5) is 23.2. The van der Waals surface area contributed by atoms with Crippen molar-refractivity contribution in [3.63, 3.8) is 0 Å². The number of nitrogens with zero attached hydrogens (tertiary/aromatic N) is 1. The van der Waals surface area contributed by atoms with E-state index in [-0.39, 0.29) is 12.5 Å². The van der Waals surface area contributed by atoms with E-state index in [1.165, 1.54) is 0 Å². The molecule has 6 heteroatoms. The summed E-state index contributed by atoms with van der Waals surface area (Å²) >= 11 is 0. The van der Waals surface area contributed by atoms with Crippen molar-refractivity contribution in [2.24, 2.45) is 0 Å². The quantitative estimate of drug-likeness (QED) is 0.432. The molecule has 4 rings (SSSR count). The monoisotopic (exact) mass is 401 g/mol. The van der Waals surface area contributed by atoms with Crippen LogP contribution < -0.4 is 9.47 Å². The molecule has 1 unspecified atom stereocenters. The third-order valence-electron chi connectivity index (χ3n) is 4.74. The zero-order valence-corrected chi connectivity index (χ0v) is 16.0. The molecule has 1 aromatic heterocycles. The van der Waals surface area contributed by atoms with Crippen LogP contribution in [0.4, 0.5) is 4.79 Å². The molecule has 1 N–H and O–H groups in total. The summed E-state index contributed by atoms with van der Waals surface area (Å²) in [6, 6.07) is 25.2. The molecule has 150 valence electrons. The predicted octanol–water partition coefficient (Wildman–Crippen LogP) is 5.18. The van der Waals surface area contributed by atoms with Crippen LogP contribution in [0.1, 0.15) is 22.0 Å². The normalized spacial score (nSPS) is 11.7. The molecule has 0 radical (unpaired) electrons. The maximum atomic E-state index is 11.9. The molecule has 0 fully saturated rings. The lowest BCUT2D eigenvalue weighted by atomic mass is 10.1. The van der Waals surface area contributed by atoms with E-state index in [0.717, 1.165) is 21.8 Å². The SMILES string of the molecule is O=Cc1ccccc1OCC(Oc1cc2ccccc2n1C(=O)O)c1ccccc1. The molecular weight excluding hydrogens is 382 g/mol. The van der Waals surface area contributed by atoms with Gasteiger partial charge in [-0.3, -0.25) is 4.79 Å². The van der Waals surface area contributed by atoms with E-state index in [4.69, 9.17) is 9.47 Å². The zero-order chi connectivity index (χ0) is 20.9. The molecule has 0 saturated heterocycles. The molecule has 1 heterocycles. The molecule has 0 aliphatic carbocycles. The highest BCUT2D eigenvalue weighted by molar-refractivity contribution is 5.91. The molecule has 6 nitrogen and oxygen atoms in total. The minimum absolute atomic E-state index is 0.0933. The van der Waals surface area contributed by atoms with Crippen molar-refractivity contribution < 1.29 is 24.2 Å². The average molecular weight is 401 g/mol.